The van der Waals surface area contributed by atoms with Crippen molar-refractivity contribution in [1.82, 2.24) is 9.88 Å². The molecule has 2 saturated heterocycles. The summed E-state index contributed by atoms with van der Waals surface area (Å²) in [6, 6.07) is 11.9. The van der Waals surface area contributed by atoms with Crippen LogP contribution in [0.3, 0.4) is 0 Å². The maximum Gasteiger partial charge on any atom is 0.307 e. The number of carbonyl (C=O) groups excluding carboxylic acids is 1. The van der Waals surface area contributed by atoms with Gasteiger partial charge in [-0.1, -0.05) is 17.7 Å². The monoisotopic (exact) mass is 589 g/mol. The Bertz CT molecular complexity index is 1450. The first kappa shape index (κ1) is 28.7. The molecule has 8 nitrogen and oxygen atoms in total. The van der Waals surface area contributed by atoms with Gasteiger partial charge in [0.05, 0.1) is 17.7 Å². The van der Waals surface area contributed by atoms with Crippen LogP contribution in [-0.2, 0) is 16.1 Å². The maximum absolute atomic E-state index is 13.0. The number of rotatable bonds is 9. The molecule has 0 spiro atoms. The summed E-state index contributed by atoms with van der Waals surface area (Å²) in [5, 5.41) is 12.7. The Kier molecular flexibility index (Phi) is 8.23. The predicted molar refractivity (Wildman–Crippen MR) is 163 cm³/mol. The number of carbonyl (C=O) groups is 2. The van der Waals surface area contributed by atoms with E-state index in [-0.39, 0.29) is 29.8 Å². The summed E-state index contributed by atoms with van der Waals surface area (Å²) in [5.74, 6) is 0.276. The van der Waals surface area contributed by atoms with E-state index in [9.17, 15) is 14.7 Å². The van der Waals surface area contributed by atoms with Crippen LogP contribution in [0.4, 0.5) is 5.13 Å². The number of aromatic nitrogens is 1. The van der Waals surface area contributed by atoms with Crippen LogP contribution in [0.5, 0.6) is 5.75 Å². The molecule has 3 aromatic rings. The number of nitrogens with zero attached hydrogens (tertiary/aromatic N) is 3. The fourth-order valence-electron chi connectivity index (χ4n) is 6.83. The van der Waals surface area contributed by atoms with E-state index in [2.05, 4.69) is 23.3 Å². The van der Waals surface area contributed by atoms with Gasteiger partial charge in [0.15, 0.2) is 5.13 Å². The van der Waals surface area contributed by atoms with Gasteiger partial charge in [-0.2, -0.15) is 0 Å². The molecule has 1 amide bonds. The summed E-state index contributed by atoms with van der Waals surface area (Å²) < 4.78 is 12.1. The number of piperidine rings is 1. The van der Waals surface area contributed by atoms with Gasteiger partial charge in [-0.3, -0.25) is 9.59 Å². The van der Waals surface area contributed by atoms with Gasteiger partial charge in [-0.25, -0.2) is 4.98 Å². The Labute approximate surface area is 251 Å². The number of aliphatic carboxylic acids is 1. The molecule has 4 atom stereocenters. The lowest BCUT2D eigenvalue weighted by Gasteiger charge is -2.35. The normalized spacial score (nSPS) is 23.3. The predicted octanol–water partition coefficient (Wildman–Crippen LogP) is 5.80. The summed E-state index contributed by atoms with van der Waals surface area (Å²) in [6.45, 7) is 7.34. The number of benzene rings is 2. The Morgan fingerprint density at radius 1 is 1.12 bits per heavy atom. The second-order valence-electron chi connectivity index (χ2n) is 12.1. The van der Waals surface area contributed by atoms with Crippen molar-refractivity contribution in [1.29, 1.82) is 0 Å². The van der Waals surface area contributed by atoms with Gasteiger partial charge in [0.1, 0.15) is 12.4 Å². The molecule has 0 radical (unpaired) electrons. The molecule has 3 aliphatic rings. The van der Waals surface area contributed by atoms with Crippen molar-refractivity contribution in [2.75, 3.05) is 38.2 Å². The van der Waals surface area contributed by atoms with E-state index in [1.54, 1.807) is 16.2 Å². The molecule has 9 heteroatoms. The van der Waals surface area contributed by atoms with Crippen LogP contribution >= 0.6 is 11.3 Å². The van der Waals surface area contributed by atoms with Crippen LogP contribution in [0.2, 0.25) is 0 Å². The van der Waals surface area contributed by atoms with Crippen molar-refractivity contribution in [3.8, 4) is 17.0 Å². The van der Waals surface area contributed by atoms with Gasteiger partial charge < -0.3 is 24.4 Å². The first-order chi connectivity index (χ1) is 20.3. The summed E-state index contributed by atoms with van der Waals surface area (Å²) in [6.07, 6.45) is 4.15. The maximum atomic E-state index is 13.0. The van der Waals surface area contributed by atoms with Gasteiger partial charge >= 0.3 is 5.97 Å². The third-order valence-electron chi connectivity index (χ3n) is 9.11. The summed E-state index contributed by atoms with van der Waals surface area (Å²) in [5.41, 5.74) is 5.64. The molecule has 42 heavy (non-hydrogen) atoms. The van der Waals surface area contributed by atoms with Crippen molar-refractivity contribution in [2.24, 2.45) is 17.8 Å². The van der Waals surface area contributed by atoms with E-state index in [1.165, 1.54) is 0 Å². The van der Waals surface area contributed by atoms with Crippen molar-refractivity contribution in [2.45, 2.75) is 52.2 Å². The Balaban J connectivity index is 1.13. The number of ether oxygens (including phenoxy) is 2. The minimum absolute atomic E-state index is 0.00131. The molecule has 3 heterocycles. The average molecular weight is 590 g/mol. The molecule has 1 aliphatic carbocycles. The Hall–Kier alpha value is -3.43. The number of amides is 1. The highest BCUT2D eigenvalue weighted by Gasteiger charge is 2.46. The van der Waals surface area contributed by atoms with E-state index >= 15 is 0 Å². The van der Waals surface area contributed by atoms with Gasteiger partial charge in [-0.05, 0) is 86.8 Å². The average Bonchev–Trinajstić information content (AvgIpc) is 3.72. The molecule has 2 aliphatic heterocycles. The molecule has 2 aromatic carbocycles. The molecule has 6 rings (SSSR count). The van der Waals surface area contributed by atoms with Crippen molar-refractivity contribution < 1.29 is 24.2 Å². The highest BCUT2D eigenvalue weighted by Crippen LogP contribution is 2.44. The number of hydrogen-bond acceptors (Lipinski definition) is 7. The Morgan fingerprint density at radius 3 is 2.60 bits per heavy atom. The number of carboxylic acids is 1. The molecular weight excluding hydrogens is 550 g/mol. The second-order valence-corrected chi connectivity index (χ2v) is 13.0. The number of likely N-dealkylation sites (N-methyl/N-ethyl adjacent to an activating group) is 1. The summed E-state index contributed by atoms with van der Waals surface area (Å²) in [4.78, 5) is 33.8. The van der Waals surface area contributed by atoms with Crippen LogP contribution in [0.15, 0.2) is 41.8 Å². The highest BCUT2D eigenvalue weighted by atomic mass is 32.1. The van der Waals surface area contributed by atoms with Crippen LogP contribution in [0, 0.1) is 31.6 Å². The summed E-state index contributed by atoms with van der Waals surface area (Å²) in [7, 11) is 1.83. The number of carboxylic acid groups (broad SMARTS) is 1. The van der Waals surface area contributed by atoms with Crippen molar-refractivity contribution in [3.63, 3.8) is 0 Å². The molecule has 2 bridgehead atoms. The van der Waals surface area contributed by atoms with E-state index in [0.717, 1.165) is 84.2 Å². The standard InChI is InChI=1S/C33H39N3O5S/c1-20-6-11-29(41-18-25-10-7-22(14-21(25)2)31(37)35(3)17-26-5-4-12-40-26)27(13-20)28-19-42-33(34-28)36-15-23-8-9-24(16-36)30(23)32(38)39/h6-7,10-11,13-14,19,23-24,26,30H,4-5,8-9,12,15-18H2,1-3H3,(H,38,39)/t23-,24+,26?,30?. The number of anilines is 1. The lowest BCUT2D eigenvalue weighted by atomic mass is 9.85. The molecule has 1 saturated carbocycles. The SMILES string of the molecule is Cc1ccc(OCc2ccc(C(=O)N(C)CC3CCCO3)cc2C)c(-c2csc(N3C[C@H]4CC[C@@H](C3)C4C(=O)O)n2)c1. The fraction of sp³-hybridized carbons (Fsp3) is 0.485. The first-order valence-electron chi connectivity index (χ1n) is 14.9. The van der Waals surface area contributed by atoms with E-state index in [1.807, 2.05) is 44.3 Å². The van der Waals surface area contributed by atoms with Gasteiger partial charge in [-0.15, -0.1) is 11.3 Å². The van der Waals surface area contributed by atoms with Crippen LogP contribution < -0.4 is 9.64 Å². The quantitative estimate of drug-likeness (QED) is 0.337. The van der Waals surface area contributed by atoms with E-state index in [4.69, 9.17) is 14.5 Å². The number of thiazole rings is 1. The van der Waals surface area contributed by atoms with Gasteiger partial charge in [0.2, 0.25) is 0 Å². The molecule has 3 fully saturated rings. The van der Waals surface area contributed by atoms with E-state index in [0.29, 0.717) is 18.7 Å². The molecule has 222 valence electrons. The molecule has 2 unspecified atom stereocenters. The number of aryl methyl sites for hydroxylation is 2. The van der Waals surface area contributed by atoms with Gasteiger partial charge in [0, 0.05) is 49.8 Å². The van der Waals surface area contributed by atoms with Crippen LogP contribution in [0.25, 0.3) is 11.3 Å². The topological polar surface area (TPSA) is 92.2 Å². The van der Waals surface area contributed by atoms with E-state index < -0.39 is 5.97 Å². The van der Waals surface area contributed by atoms with Crippen molar-refractivity contribution in [3.05, 3.63) is 64.0 Å². The first-order valence-corrected chi connectivity index (χ1v) is 15.8. The highest BCUT2D eigenvalue weighted by molar-refractivity contribution is 7.14. The minimum atomic E-state index is -0.651. The second kappa shape index (κ2) is 12.1. The zero-order valence-corrected chi connectivity index (χ0v) is 25.4. The number of hydrogen-bond donors (Lipinski definition) is 1. The zero-order valence-electron chi connectivity index (χ0n) is 24.5. The largest absolute Gasteiger partial charge is 0.488 e. The Morgan fingerprint density at radius 2 is 1.90 bits per heavy atom. The third kappa shape index (κ3) is 5.90. The molecule has 1 aromatic heterocycles. The lowest BCUT2D eigenvalue weighted by molar-refractivity contribution is -0.144. The van der Waals surface area contributed by atoms with Crippen LogP contribution in [0.1, 0.15) is 52.7 Å². The number of fused-ring (bicyclic) bond motifs is 2. The minimum Gasteiger partial charge on any atom is -0.488 e. The molecular formula is C33H39N3O5S. The zero-order chi connectivity index (χ0) is 29.4. The van der Waals surface area contributed by atoms with Gasteiger partial charge in [0.25, 0.3) is 5.91 Å². The fourth-order valence-corrected chi connectivity index (χ4v) is 7.67. The lowest BCUT2D eigenvalue weighted by Crippen LogP contribution is -2.44. The third-order valence-corrected chi connectivity index (χ3v) is 10.0. The van der Waals surface area contributed by atoms with Crippen molar-refractivity contribution >= 4 is 28.3 Å². The summed E-state index contributed by atoms with van der Waals surface area (Å²) >= 11 is 1.61. The smallest absolute Gasteiger partial charge is 0.307 e. The molecule has 1 N–H and O–H groups in total. The van der Waals surface area contributed by atoms with Crippen LogP contribution in [-0.4, -0.2) is 66.3 Å².